The minimum absolute atomic E-state index is 0.0341. The van der Waals surface area contributed by atoms with Crippen LogP contribution in [-0.2, 0) is 12.7 Å². The number of aromatic nitrogens is 3. The number of nitrogens with zero attached hydrogens (tertiary/aromatic N) is 4. The fourth-order valence-electron chi connectivity index (χ4n) is 3.65. The lowest BCUT2D eigenvalue weighted by molar-refractivity contribution is -0.137. The van der Waals surface area contributed by atoms with E-state index in [4.69, 9.17) is 11.6 Å². The van der Waals surface area contributed by atoms with Gasteiger partial charge in [0, 0.05) is 13.1 Å². The minimum atomic E-state index is -4.74. The molecule has 0 saturated heterocycles. The molecule has 0 radical (unpaired) electrons. The standard InChI is InChI=1S/C20H14ClF5N4O/c21-14-12(7-4-8-13(14)20(24,25)26)19(31)29-9-10-30-17(27-28-18(30)16(22)23)15(29)11-5-2-1-3-6-11/h1-8,15-16H,9-10H2. The highest BCUT2D eigenvalue weighted by Gasteiger charge is 2.39. The Balaban J connectivity index is 1.82. The third-order valence-corrected chi connectivity index (χ3v) is 5.44. The van der Waals surface area contributed by atoms with Gasteiger partial charge in [-0.2, -0.15) is 13.2 Å². The average molecular weight is 457 g/mol. The smallest absolute Gasteiger partial charge is 0.322 e. The van der Waals surface area contributed by atoms with Gasteiger partial charge < -0.3 is 9.47 Å². The van der Waals surface area contributed by atoms with Crippen molar-refractivity contribution in [1.29, 1.82) is 0 Å². The maximum Gasteiger partial charge on any atom is 0.417 e. The molecule has 5 nitrogen and oxygen atoms in total. The van der Waals surface area contributed by atoms with E-state index in [0.717, 1.165) is 12.1 Å². The first-order valence-corrected chi connectivity index (χ1v) is 9.50. The Bertz CT molecular complexity index is 1120. The first kappa shape index (κ1) is 21.2. The number of fused-ring (bicyclic) bond motifs is 1. The molecule has 4 rings (SSSR count). The van der Waals surface area contributed by atoms with Crippen molar-refractivity contribution in [2.24, 2.45) is 0 Å². The first-order valence-electron chi connectivity index (χ1n) is 9.13. The number of alkyl halides is 5. The molecule has 162 valence electrons. The molecular formula is C20H14ClF5N4O. The zero-order chi connectivity index (χ0) is 22.3. The summed E-state index contributed by atoms with van der Waals surface area (Å²) in [6.07, 6.45) is -7.60. The predicted octanol–water partition coefficient (Wildman–Crippen LogP) is 5.13. The van der Waals surface area contributed by atoms with Gasteiger partial charge in [-0.05, 0) is 17.7 Å². The molecule has 0 fully saturated rings. The summed E-state index contributed by atoms with van der Waals surface area (Å²) in [5.41, 5.74) is -0.913. The van der Waals surface area contributed by atoms with Crippen molar-refractivity contribution < 1.29 is 26.7 Å². The zero-order valence-electron chi connectivity index (χ0n) is 15.7. The van der Waals surface area contributed by atoms with Crippen LogP contribution in [-0.4, -0.2) is 32.1 Å². The van der Waals surface area contributed by atoms with Crippen LogP contribution in [0.4, 0.5) is 22.0 Å². The SMILES string of the molecule is O=C(c1cccc(C(F)(F)F)c1Cl)N1CCn2c(C(F)F)nnc2C1c1ccccc1. The Morgan fingerprint density at radius 2 is 1.74 bits per heavy atom. The summed E-state index contributed by atoms with van der Waals surface area (Å²) in [4.78, 5) is 14.6. The molecule has 0 bridgehead atoms. The summed E-state index contributed by atoms with van der Waals surface area (Å²) in [5, 5.41) is 6.71. The van der Waals surface area contributed by atoms with Gasteiger partial charge in [-0.3, -0.25) is 4.79 Å². The van der Waals surface area contributed by atoms with Crippen molar-refractivity contribution in [1.82, 2.24) is 19.7 Å². The number of benzene rings is 2. The summed E-state index contributed by atoms with van der Waals surface area (Å²) in [7, 11) is 0. The van der Waals surface area contributed by atoms with E-state index in [-0.39, 0.29) is 24.5 Å². The second-order valence-electron chi connectivity index (χ2n) is 6.85. The molecule has 0 aliphatic carbocycles. The fourth-order valence-corrected chi connectivity index (χ4v) is 3.96. The maximum absolute atomic E-state index is 13.3. The zero-order valence-corrected chi connectivity index (χ0v) is 16.4. The summed E-state index contributed by atoms with van der Waals surface area (Å²) >= 11 is 5.95. The van der Waals surface area contributed by atoms with Crippen molar-refractivity contribution in [2.45, 2.75) is 25.2 Å². The van der Waals surface area contributed by atoms with E-state index >= 15 is 0 Å². The Morgan fingerprint density at radius 3 is 2.39 bits per heavy atom. The number of rotatable bonds is 3. The molecular weight excluding hydrogens is 443 g/mol. The topological polar surface area (TPSA) is 51.0 Å². The Labute approximate surface area is 178 Å². The van der Waals surface area contributed by atoms with Gasteiger partial charge in [0.05, 0.1) is 16.1 Å². The second kappa shape index (κ2) is 7.92. The van der Waals surface area contributed by atoms with E-state index in [2.05, 4.69) is 10.2 Å². The largest absolute Gasteiger partial charge is 0.417 e. The second-order valence-corrected chi connectivity index (χ2v) is 7.22. The van der Waals surface area contributed by atoms with Crippen molar-refractivity contribution in [2.75, 3.05) is 6.54 Å². The van der Waals surface area contributed by atoms with Gasteiger partial charge in [0.1, 0.15) is 6.04 Å². The highest BCUT2D eigenvalue weighted by atomic mass is 35.5. The van der Waals surface area contributed by atoms with Gasteiger partial charge >= 0.3 is 6.18 Å². The van der Waals surface area contributed by atoms with E-state index in [1.165, 1.54) is 15.5 Å². The van der Waals surface area contributed by atoms with Gasteiger partial charge in [-0.1, -0.05) is 48.0 Å². The highest BCUT2D eigenvalue weighted by molar-refractivity contribution is 6.34. The molecule has 1 unspecified atom stereocenters. The Kier molecular flexibility index (Phi) is 5.42. The van der Waals surface area contributed by atoms with Gasteiger partial charge in [0.15, 0.2) is 11.6 Å². The molecule has 1 amide bonds. The minimum Gasteiger partial charge on any atom is -0.322 e. The third-order valence-electron chi connectivity index (χ3n) is 5.03. The van der Waals surface area contributed by atoms with Crippen molar-refractivity contribution in [3.05, 3.63) is 81.9 Å². The molecule has 0 saturated carbocycles. The first-order chi connectivity index (χ1) is 14.7. The van der Waals surface area contributed by atoms with Crippen LogP contribution in [0.5, 0.6) is 0 Å². The van der Waals surface area contributed by atoms with Gasteiger partial charge in [0.2, 0.25) is 0 Å². The van der Waals surface area contributed by atoms with E-state index in [0.29, 0.717) is 5.56 Å². The number of hydrogen-bond acceptors (Lipinski definition) is 3. The van der Waals surface area contributed by atoms with Crippen molar-refractivity contribution in [3.63, 3.8) is 0 Å². The molecule has 1 aliphatic rings. The summed E-state index contributed by atoms with van der Waals surface area (Å²) < 4.78 is 67.6. The average Bonchev–Trinajstić information content (AvgIpc) is 3.17. The van der Waals surface area contributed by atoms with E-state index < -0.39 is 41.0 Å². The number of hydrogen-bond donors (Lipinski definition) is 0. The maximum atomic E-state index is 13.3. The molecule has 0 N–H and O–H groups in total. The van der Waals surface area contributed by atoms with Crippen LogP contribution in [0.15, 0.2) is 48.5 Å². The molecule has 2 heterocycles. The van der Waals surface area contributed by atoms with E-state index in [1.54, 1.807) is 30.3 Å². The Morgan fingerprint density at radius 1 is 1.03 bits per heavy atom. The quantitative estimate of drug-likeness (QED) is 0.513. The lowest BCUT2D eigenvalue weighted by Gasteiger charge is -2.36. The van der Waals surface area contributed by atoms with Crippen LogP contribution >= 0.6 is 11.6 Å². The van der Waals surface area contributed by atoms with E-state index in [1.807, 2.05) is 0 Å². The summed E-state index contributed by atoms with van der Waals surface area (Å²) in [6.45, 7) is -0.0800. The van der Waals surface area contributed by atoms with Gasteiger partial charge in [-0.15, -0.1) is 10.2 Å². The van der Waals surface area contributed by atoms with Crippen LogP contribution in [0.25, 0.3) is 0 Å². The number of carbonyl (C=O) groups is 1. The molecule has 0 spiro atoms. The molecule has 31 heavy (non-hydrogen) atoms. The normalized spacial score (nSPS) is 16.5. The molecule has 3 aromatic rings. The van der Waals surface area contributed by atoms with Crippen LogP contribution in [0.1, 0.15) is 45.6 Å². The van der Waals surface area contributed by atoms with E-state index in [9.17, 15) is 26.7 Å². The highest BCUT2D eigenvalue weighted by Crippen LogP contribution is 2.39. The van der Waals surface area contributed by atoms with Crippen LogP contribution in [0, 0.1) is 0 Å². The van der Waals surface area contributed by atoms with Crippen LogP contribution < -0.4 is 0 Å². The van der Waals surface area contributed by atoms with Crippen molar-refractivity contribution >= 4 is 17.5 Å². The van der Waals surface area contributed by atoms with Crippen LogP contribution in [0.3, 0.4) is 0 Å². The molecule has 11 heteroatoms. The molecule has 1 aromatic heterocycles. The predicted molar refractivity (Wildman–Crippen MR) is 101 cm³/mol. The lowest BCUT2D eigenvalue weighted by Crippen LogP contribution is -2.43. The monoisotopic (exact) mass is 456 g/mol. The Hall–Kier alpha value is -3.01. The summed E-state index contributed by atoms with van der Waals surface area (Å²) in [6, 6.07) is 10.6. The fraction of sp³-hybridized carbons (Fsp3) is 0.250. The number of amides is 1. The van der Waals surface area contributed by atoms with Gasteiger partial charge in [0.25, 0.3) is 12.3 Å². The van der Waals surface area contributed by atoms with Crippen molar-refractivity contribution in [3.8, 4) is 0 Å². The third kappa shape index (κ3) is 3.76. The number of halogens is 6. The molecule has 1 aliphatic heterocycles. The molecule has 2 aromatic carbocycles. The lowest BCUT2D eigenvalue weighted by atomic mass is 10.0. The summed E-state index contributed by atoms with van der Waals surface area (Å²) in [5.74, 6) is -1.19. The number of carbonyl (C=O) groups excluding carboxylic acids is 1. The van der Waals surface area contributed by atoms with Crippen LogP contribution in [0.2, 0.25) is 5.02 Å². The van der Waals surface area contributed by atoms with Gasteiger partial charge in [-0.25, -0.2) is 8.78 Å². The molecule has 1 atom stereocenters.